The van der Waals surface area contributed by atoms with Crippen LogP contribution in [0.4, 0.5) is 0 Å². The number of benzene rings is 2. The first-order valence-electron chi connectivity index (χ1n) is 12.8. The highest BCUT2D eigenvalue weighted by Gasteiger charge is 2.25. The molecule has 1 atom stereocenters. The monoisotopic (exact) mass is 495 g/mol. The summed E-state index contributed by atoms with van der Waals surface area (Å²) in [5.41, 5.74) is 2.92. The Balaban J connectivity index is 1.94. The van der Waals surface area contributed by atoms with Crippen LogP contribution in [0.1, 0.15) is 45.9 Å². The molecule has 3 rings (SSSR count). The van der Waals surface area contributed by atoms with E-state index < -0.39 is 6.10 Å². The van der Waals surface area contributed by atoms with Crippen molar-refractivity contribution in [3.63, 3.8) is 0 Å². The Kier molecular flexibility index (Phi) is 10.3. The van der Waals surface area contributed by atoms with E-state index >= 15 is 0 Å². The second-order valence-electron chi connectivity index (χ2n) is 9.72. The van der Waals surface area contributed by atoms with Gasteiger partial charge in [-0.2, -0.15) is 5.10 Å². The van der Waals surface area contributed by atoms with Gasteiger partial charge in [0, 0.05) is 25.7 Å². The fourth-order valence-corrected chi connectivity index (χ4v) is 3.95. The van der Waals surface area contributed by atoms with Crippen LogP contribution in [0.25, 0.3) is 5.69 Å². The molecule has 0 radical (unpaired) electrons. The number of aliphatic hydroxyl groups is 1. The molecule has 0 amide bonds. The number of nitrogens with zero attached hydrogens (tertiary/aromatic N) is 3. The normalized spacial score (nSPS) is 12.5. The van der Waals surface area contributed by atoms with E-state index in [-0.39, 0.29) is 6.04 Å². The van der Waals surface area contributed by atoms with Gasteiger partial charge in [-0.3, -0.25) is 4.90 Å². The lowest BCUT2D eigenvalue weighted by Crippen LogP contribution is -2.39. The Morgan fingerprint density at radius 3 is 2.19 bits per heavy atom. The highest BCUT2D eigenvalue weighted by molar-refractivity contribution is 5.44. The summed E-state index contributed by atoms with van der Waals surface area (Å²) in [6, 6.07) is 17.8. The van der Waals surface area contributed by atoms with E-state index in [1.165, 1.54) is 0 Å². The van der Waals surface area contributed by atoms with Gasteiger partial charge in [0.25, 0.3) is 0 Å². The molecule has 0 spiro atoms. The summed E-state index contributed by atoms with van der Waals surface area (Å²) in [7, 11) is 1.65. The standard InChI is InChI=1S/C29H41N3O4/c1-7-28-27(18-31(22(4)5)17-24(33)20-35-19-21(2)3)29(32(30-28)23-11-9-8-10-12-23)36-26-15-13-25(34-6)14-16-26/h8-16,21-22,24,33H,7,17-20H2,1-6H3. The minimum Gasteiger partial charge on any atom is -0.497 e. The molecule has 0 saturated carbocycles. The third-order valence-corrected chi connectivity index (χ3v) is 5.93. The zero-order chi connectivity index (χ0) is 26.1. The summed E-state index contributed by atoms with van der Waals surface area (Å²) in [6.45, 7) is 12.6. The van der Waals surface area contributed by atoms with Gasteiger partial charge in [0.2, 0.25) is 5.88 Å². The summed E-state index contributed by atoms with van der Waals surface area (Å²) in [4.78, 5) is 2.25. The van der Waals surface area contributed by atoms with Crippen molar-refractivity contribution < 1.29 is 19.3 Å². The first kappa shape index (κ1) is 27.7. The van der Waals surface area contributed by atoms with E-state index in [1.807, 2.05) is 59.3 Å². The van der Waals surface area contributed by atoms with Gasteiger partial charge >= 0.3 is 0 Å². The van der Waals surface area contributed by atoms with Crippen molar-refractivity contribution in [2.75, 3.05) is 26.9 Å². The summed E-state index contributed by atoms with van der Waals surface area (Å²) >= 11 is 0. The molecular weight excluding hydrogens is 454 g/mol. The quantitative estimate of drug-likeness (QED) is 0.319. The molecule has 3 aromatic rings. The zero-order valence-electron chi connectivity index (χ0n) is 22.5. The molecular formula is C29H41N3O4. The van der Waals surface area contributed by atoms with E-state index in [2.05, 4.69) is 39.5 Å². The van der Waals surface area contributed by atoms with Crippen molar-refractivity contribution in [3.8, 4) is 23.1 Å². The van der Waals surface area contributed by atoms with E-state index in [0.717, 1.165) is 29.1 Å². The molecule has 1 N–H and O–H groups in total. The maximum atomic E-state index is 10.7. The van der Waals surface area contributed by atoms with Crippen molar-refractivity contribution in [1.82, 2.24) is 14.7 Å². The predicted octanol–water partition coefficient (Wildman–Crippen LogP) is 5.48. The van der Waals surface area contributed by atoms with Gasteiger partial charge in [0.05, 0.1) is 36.8 Å². The fraction of sp³-hybridized carbons (Fsp3) is 0.483. The molecule has 36 heavy (non-hydrogen) atoms. The molecule has 0 fully saturated rings. The number of aromatic nitrogens is 2. The van der Waals surface area contributed by atoms with Crippen LogP contribution in [0.5, 0.6) is 17.4 Å². The topological polar surface area (TPSA) is 69.0 Å². The Morgan fingerprint density at radius 2 is 1.61 bits per heavy atom. The van der Waals surface area contributed by atoms with Crippen molar-refractivity contribution >= 4 is 0 Å². The van der Waals surface area contributed by atoms with Gasteiger partial charge in [-0.1, -0.05) is 39.0 Å². The van der Waals surface area contributed by atoms with E-state index in [4.69, 9.17) is 19.3 Å². The predicted molar refractivity (Wildman–Crippen MR) is 143 cm³/mol. The average molecular weight is 496 g/mol. The van der Waals surface area contributed by atoms with Gasteiger partial charge in [-0.25, -0.2) is 4.68 Å². The number of rotatable bonds is 14. The van der Waals surface area contributed by atoms with Gasteiger partial charge in [0.15, 0.2) is 0 Å². The van der Waals surface area contributed by atoms with Gasteiger partial charge in [0.1, 0.15) is 11.5 Å². The van der Waals surface area contributed by atoms with Gasteiger partial charge in [-0.15, -0.1) is 0 Å². The molecule has 2 aromatic carbocycles. The number of para-hydroxylation sites is 1. The third kappa shape index (κ3) is 7.56. The molecule has 0 bridgehead atoms. The first-order chi connectivity index (χ1) is 17.3. The van der Waals surface area contributed by atoms with Crippen molar-refractivity contribution in [2.45, 2.75) is 59.7 Å². The summed E-state index contributed by atoms with van der Waals surface area (Å²) in [5.74, 6) is 2.59. The number of aliphatic hydroxyl groups excluding tert-OH is 1. The number of hydrogen-bond donors (Lipinski definition) is 1. The molecule has 1 unspecified atom stereocenters. The molecule has 0 aliphatic heterocycles. The van der Waals surface area contributed by atoms with Crippen molar-refractivity contribution in [3.05, 3.63) is 65.9 Å². The van der Waals surface area contributed by atoms with Crippen LogP contribution in [0.15, 0.2) is 54.6 Å². The second kappa shape index (κ2) is 13.4. The van der Waals surface area contributed by atoms with E-state index in [9.17, 15) is 5.11 Å². The third-order valence-electron chi connectivity index (χ3n) is 5.93. The number of hydrogen-bond acceptors (Lipinski definition) is 6. The molecule has 1 aromatic heterocycles. The Labute approximate surface area is 215 Å². The molecule has 196 valence electrons. The zero-order valence-corrected chi connectivity index (χ0v) is 22.5. The minimum absolute atomic E-state index is 0.211. The van der Waals surface area contributed by atoms with Crippen LogP contribution in [-0.4, -0.2) is 58.8 Å². The van der Waals surface area contributed by atoms with Crippen LogP contribution in [0.2, 0.25) is 0 Å². The van der Waals surface area contributed by atoms with E-state index in [0.29, 0.717) is 43.9 Å². The van der Waals surface area contributed by atoms with Crippen LogP contribution in [0, 0.1) is 5.92 Å². The summed E-state index contributed by atoms with van der Waals surface area (Å²) in [5, 5.41) is 15.6. The summed E-state index contributed by atoms with van der Waals surface area (Å²) < 4.78 is 19.3. The molecule has 7 nitrogen and oxygen atoms in total. The lowest BCUT2D eigenvalue weighted by molar-refractivity contribution is 0.00160. The first-order valence-corrected chi connectivity index (χ1v) is 12.8. The van der Waals surface area contributed by atoms with Crippen LogP contribution in [0.3, 0.4) is 0 Å². The van der Waals surface area contributed by atoms with Crippen molar-refractivity contribution in [1.29, 1.82) is 0 Å². The molecule has 0 aliphatic carbocycles. The Morgan fingerprint density at radius 1 is 0.944 bits per heavy atom. The largest absolute Gasteiger partial charge is 0.497 e. The fourth-order valence-electron chi connectivity index (χ4n) is 3.95. The average Bonchev–Trinajstić information content (AvgIpc) is 3.21. The smallest absolute Gasteiger partial charge is 0.227 e. The maximum absolute atomic E-state index is 10.7. The summed E-state index contributed by atoms with van der Waals surface area (Å²) in [6.07, 6.45) is 0.187. The van der Waals surface area contributed by atoms with Crippen LogP contribution >= 0.6 is 0 Å². The van der Waals surface area contributed by atoms with Crippen LogP contribution in [-0.2, 0) is 17.7 Å². The maximum Gasteiger partial charge on any atom is 0.227 e. The highest BCUT2D eigenvalue weighted by atomic mass is 16.5. The second-order valence-corrected chi connectivity index (χ2v) is 9.72. The van der Waals surface area contributed by atoms with Gasteiger partial charge < -0.3 is 19.3 Å². The van der Waals surface area contributed by atoms with Crippen LogP contribution < -0.4 is 9.47 Å². The molecule has 7 heteroatoms. The SMILES string of the molecule is CCc1nn(-c2ccccc2)c(Oc2ccc(OC)cc2)c1CN(CC(O)COCC(C)C)C(C)C. The molecule has 0 saturated heterocycles. The minimum atomic E-state index is -0.577. The lowest BCUT2D eigenvalue weighted by atomic mass is 10.1. The molecule has 0 aliphatic rings. The van der Waals surface area contributed by atoms with Crippen molar-refractivity contribution in [2.24, 2.45) is 5.92 Å². The number of methoxy groups -OCH3 is 1. The van der Waals surface area contributed by atoms with Gasteiger partial charge in [-0.05, 0) is 62.6 Å². The highest BCUT2D eigenvalue weighted by Crippen LogP contribution is 2.33. The Bertz CT molecular complexity index is 1050. The Hall–Kier alpha value is -2.87. The van der Waals surface area contributed by atoms with E-state index in [1.54, 1.807) is 7.11 Å². The lowest BCUT2D eigenvalue weighted by Gasteiger charge is -2.29. The number of aryl methyl sites for hydroxylation is 1. The molecule has 1 heterocycles. The number of ether oxygens (including phenoxy) is 3.